The van der Waals surface area contributed by atoms with Crippen molar-refractivity contribution in [1.82, 2.24) is 14.1 Å². The molecule has 6 heteroatoms. The molecule has 12 aromatic rings. The molecule has 0 aliphatic carbocycles. The van der Waals surface area contributed by atoms with Gasteiger partial charge in [0.05, 0.1) is 17.8 Å². The van der Waals surface area contributed by atoms with E-state index in [1.54, 1.807) is 35.0 Å². The molecule has 0 radical (unpaired) electrons. The number of aromatic nitrogens is 4. The van der Waals surface area contributed by atoms with Gasteiger partial charge in [-0.15, -0.1) is 29.7 Å². The van der Waals surface area contributed by atoms with Crippen LogP contribution < -0.4 is 9.30 Å². The third-order valence-electron chi connectivity index (χ3n) is 13.0. The minimum Gasteiger partial charge on any atom is -0.509 e. The zero-order valence-electron chi connectivity index (χ0n) is 57.6. The van der Waals surface area contributed by atoms with Crippen molar-refractivity contribution in [1.29, 1.82) is 0 Å². The maximum absolute atomic E-state index is 9.90. The smallest absolute Gasteiger partial charge is 0.253 e. The Morgan fingerprint density at radius 1 is 0.583 bits per heavy atom. The number of ether oxygens (including phenoxy) is 1. The number of pyridine rings is 1. The predicted octanol–water partition coefficient (Wildman–Crippen LogP) is 16.4. The molecule has 0 saturated carbocycles. The van der Waals surface area contributed by atoms with Crippen molar-refractivity contribution in [3.05, 3.63) is 235 Å². The fourth-order valence-electron chi connectivity index (χ4n) is 9.78. The van der Waals surface area contributed by atoms with Crippen LogP contribution in [0.3, 0.4) is 0 Å². The van der Waals surface area contributed by atoms with E-state index in [0.29, 0.717) is 11.3 Å². The summed E-state index contributed by atoms with van der Waals surface area (Å²) in [5.41, 5.74) is -0.403. The Hall–Kier alpha value is -8.11. The summed E-state index contributed by atoms with van der Waals surface area (Å²) in [6, 6.07) is 29.4. The summed E-state index contributed by atoms with van der Waals surface area (Å²) in [5.74, 6) is 1.08. The molecule has 72 heavy (non-hydrogen) atoms. The Kier molecular flexibility index (Phi) is 7.02. The minimum absolute atomic E-state index is 0. The first-order valence-corrected chi connectivity index (χ1v) is 22.8. The third kappa shape index (κ3) is 7.42. The van der Waals surface area contributed by atoms with Crippen LogP contribution in [-0.2, 0) is 26.5 Å². The third-order valence-corrected chi connectivity index (χ3v) is 13.0. The molecule has 9 aromatic carbocycles. The maximum atomic E-state index is 9.90. The van der Waals surface area contributed by atoms with Gasteiger partial charge in [-0.25, -0.2) is 9.55 Å². The van der Waals surface area contributed by atoms with E-state index in [2.05, 4.69) is 32.9 Å². The molecule has 0 spiro atoms. The van der Waals surface area contributed by atoms with Crippen LogP contribution in [0.25, 0.3) is 106 Å². The molecule has 0 saturated heterocycles. The van der Waals surface area contributed by atoms with Gasteiger partial charge in [-0.3, -0.25) is 0 Å². The fourth-order valence-corrected chi connectivity index (χ4v) is 9.78. The maximum Gasteiger partial charge on any atom is 0.253 e. The summed E-state index contributed by atoms with van der Waals surface area (Å²) in [6.07, 6.45) is 3.29. The molecule has 5 nitrogen and oxygen atoms in total. The summed E-state index contributed by atoms with van der Waals surface area (Å²) in [5, 5.41) is 1.82. The molecule has 1 aliphatic heterocycles. The summed E-state index contributed by atoms with van der Waals surface area (Å²) in [6.45, 7) is 0.446. The van der Waals surface area contributed by atoms with E-state index in [4.69, 9.17) is 26.2 Å². The van der Waals surface area contributed by atoms with E-state index in [-0.39, 0.29) is 116 Å². The first-order chi connectivity index (χ1) is 42.5. The van der Waals surface area contributed by atoms with E-state index in [0.717, 1.165) is 21.9 Å². The van der Waals surface area contributed by atoms with E-state index >= 15 is 0 Å². The van der Waals surface area contributed by atoms with Gasteiger partial charge in [0.25, 0.3) is 6.33 Å². The van der Waals surface area contributed by atoms with Crippen LogP contribution in [0, 0.1) is 25.8 Å². The van der Waals surface area contributed by atoms with Crippen molar-refractivity contribution in [2.75, 3.05) is 0 Å². The van der Waals surface area contributed by atoms with Crippen molar-refractivity contribution in [3.8, 4) is 84.3 Å². The zero-order chi connectivity index (χ0) is 64.3. The normalized spacial score (nSPS) is 16.0. The van der Waals surface area contributed by atoms with E-state index < -0.39 is 103 Å². The second-order valence-corrected chi connectivity index (χ2v) is 18.3. The molecule has 3 aromatic heterocycles. The van der Waals surface area contributed by atoms with Crippen LogP contribution in [0.2, 0.25) is 0 Å². The molecule has 0 bridgehead atoms. The molecule has 350 valence electrons. The molecule has 0 amide bonds. The second-order valence-electron chi connectivity index (χ2n) is 18.3. The Morgan fingerprint density at radius 3 is 2.00 bits per heavy atom. The molecule has 13 rings (SSSR count). The van der Waals surface area contributed by atoms with Gasteiger partial charge in [0.15, 0.2) is 11.0 Å². The number of rotatable bonds is 6. The zero-order valence-corrected chi connectivity index (χ0v) is 40.9. The molecule has 0 atom stereocenters. The topological polar surface area (TPSA) is 35.9 Å². The Morgan fingerprint density at radius 2 is 1.25 bits per heavy atom. The number of para-hydroxylation sites is 2. The number of nitrogens with zero attached hydrogens (tertiary/aromatic N) is 4. The average molecular weight is 1130 g/mol. The van der Waals surface area contributed by atoms with Crippen LogP contribution in [0.4, 0.5) is 0 Å². The van der Waals surface area contributed by atoms with E-state index in [1.807, 2.05) is 47.0 Å². The molecule has 0 N–H and O–H groups in total. The van der Waals surface area contributed by atoms with Gasteiger partial charge in [-0.1, -0.05) is 166 Å². The van der Waals surface area contributed by atoms with Gasteiger partial charge in [0.2, 0.25) is 0 Å². The molecular formula is C66H49N4OPt-. The van der Waals surface area contributed by atoms with Crippen molar-refractivity contribution < 1.29 is 56.4 Å². The van der Waals surface area contributed by atoms with Crippen LogP contribution >= 0.6 is 0 Å². The van der Waals surface area contributed by atoms with Gasteiger partial charge in [-0.2, -0.15) is 16.7 Å². The number of hydrogen-bond donors (Lipinski definition) is 0. The van der Waals surface area contributed by atoms with Crippen molar-refractivity contribution in [2.24, 2.45) is 0 Å². The molecule has 0 fully saturated rings. The summed E-state index contributed by atoms with van der Waals surface area (Å²) < 4.78 is 185. The van der Waals surface area contributed by atoms with E-state index in [1.165, 1.54) is 59.4 Å². The molecule has 4 heterocycles. The Labute approximate surface area is 461 Å². The average Bonchev–Trinajstić information content (AvgIpc) is 1.68. The summed E-state index contributed by atoms with van der Waals surface area (Å²) in [7, 11) is 0. The molecule has 1 aliphatic rings. The number of hydrogen-bond acceptors (Lipinski definition) is 2. The number of fused-ring (bicyclic) bond motifs is 10. The second kappa shape index (κ2) is 17.6. The van der Waals surface area contributed by atoms with Gasteiger partial charge < -0.3 is 9.30 Å². The van der Waals surface area contributed by atoms with Gasteiger partial charge in [-0.05, 0) is 110 Å². The Bertz CT molecular complexity index is 5060. The number of benzene rings is 9. The monoisotopic (exact) mass is 1130 g/mol. The fraction of sp³-hybridized carbons (Fsp3) is 0.0909. The van der Waals surface area contributed by atoms with Crippen LogP contribution in [0.5, 0.6) is 11.5 Å². The standard InChI is InChI=1S/C66H49N4O.Pt/c1-42-18-15-19-43(2)63(42)45-36-58-54-27-12-10-25-52(54)51-24-9-11-26-53(51)57-30-17-29-50(44-20-7-6-8-21-44)64(57)69-41-68(61(37-45)65(58)69)47-22-16-23-48(39-47)71-49-32-33-56-55-28-13-14-31-59(55)70(60(56)40-49)62-38-46(34-35-67-62)66(3,4)5;/h6-38,41H,1-5H3;/q-1;/i1D3,2D3,6D,7D,8D,9D,10D,11D,12D,20D,21D,24D,25D,26D,27D;. The van der Waals surface area contributed by atoms with Crippen molar-refractivity contribution >= 4 is 32.8 Å². The van der Waals surface area contributed by atoms with Crippen LogP contribution in [-0.4, -0.2) is 14.1 Å². The minimum atomic E-state index is -2.96. The first-order valence-electron chi connectivity index (χ1n) is 32.3. The van der Waals surface area contributed by atoms with Crippen molar-refractivity contribution in [2.45, 2.75) is 39.9 Å². The molecule has 0 unspecified atom stereocenters. The quantitative estimate of drug-likeness (QED) is 0.123. The summed E-state index contributed by atoms with van der Waals surface area (Å²) >= 11 is 0. The van der Waals surface area contributed by atoms with Crippen molar-refractivity contribution in [3.63, 3.8) is 0 Å². The van der Waals surface area contributed by atoms with Crippen LogP contribution in [0.15, 0.2) is 206 Å². The number of aryl methyl sites for hydroxylation is 2. The van der Waals surface area contributed by atoms with Gasteiger partial charge >= 0.3 is 0 Å². The SMILES string of the molecule is [2H]c1c([2H])c([2H])c(-c2cccc3c2-[n+]2cn(-c4[c-]c(Oc5[c-]c6c(cc5)c5ccccc5n6-c5cc(C(C)(C)C)ccn5)ccc4)c4cc(-c5c(C([2H])([2H])[2H])cccc5C([2H])([2H])[2H])cc(c42)-c2c([2H])c([2H])c([2H])c([2H])c2-c2c([2H])c([2H])c([2H])c([2H])c2-3)c([2H])c1[2H].[Pt]. The van der Waals surface area contributed by atoms with E-state index in [9.17, 15) is 9.60 Å². The summed E-state index contributed by atoms with van der Waals surface area (Å²) in [4.78, 5) is 4.81. The molecular weight excluding hydrogens is 1060 g/mol. The van der Waals surface area contributed by atoms with Gasteiger partial charge in [0.1, 0.15) is 11.5 Å². The Balaban J connectivity index is 0.00000800. The predicted molar refractivity (Wildman–Crippen MR) is 290 cm³/mol. The number of imidazole rings is 1. The van der Waals surface area contributed by atoms with Crippen LogP contribution in [0.1, 0.15) is 63.5 Å². The first kappa shape index (κ1) is 28.7. The largest absolute Gasteiger partial charge is 0.509 e. The van der Waals surface area contributed by atoms with Gasteiger partial charge in [0, 0.05) is 74.9 Å².